The van der Waals surface area contributed by atoms with Crippen LogP contribution in [0.25, 0.3) is 11.3 Å². The molecule has 2 aliphatic rings. The van der Waals surface area contributed by atoms with Crippen LogP contribution in [0, 0.1) is 0 Å². The summed E-state index contributed by atoms with van der Waals surface area (Å²) < 4.78 is 5.52. The lowest BCUT2D eigenvalue weighted by Gasteiger charge is -2.28. The van der Waals surface area contributed by atoms with Gasteiger partial charge in [-0.1, -0.05) is 0 Å². The van der Waals surface area contributed by atoms with Crippen LogP contribution in [0.2, 0.25) is 0 Å². The Bertz CT molecular complexity index is 1200. The summed E-state index contributed by atoms with van der Waals surface area (Å²) in [6.07, 6.45) is 6.04. The first-order chi connectivity index (χ1) is 17.1. The molecule has 3 aromatic heterocycles. The minimum Gasteiger partial charge on any atom is -0.378 e. The predicted octanol–water partition coefficient (Wildman–Crippen LogP) is 1.67. The smallest absolute Gasteiger partial charge is 0.228 e. The minimum atomic E-state index is -0.0287. The molecule has 0 saturated carbocycles. The van der Waals surface area contributed by atoms with Gasteiger partial charge in [-0.3, -0.25) is 4.79 Å². The molecule has 5 heterocycles. The van der Waals surface area contributed by atoms with Crippen molar-refractivity contribution in [2.24, 2.45) is 0 Å². The van der Waals surface area contributed by atoms with Gasteiger partial charge in [0.1, 0.15) is 5.82 Å². The van der Waals surface area contributed by atoms with Gasteiger partial charge in [0.05, 0.1) is 23.9 Å². The van der Waals surface area contributed by atoms with Gasteiger partial charge in [0.25, 0.3) is 0 Å². The van der Waals surface area contributed by atoms with Crippen molar-refractivity contribution in [2.45, 2.75) is 18.4 Å². The number of carbonyl (C=O) groups is 1. The molecule has 1 amide bonds. The van der Waals surface area contributed by atoms with Crippen LogP contribution >= 0.6 is 11.8 Å². The van der Waals surface area contributed by atoms with Crippen molar-refractivity contribution in [1.29, 1.82) is 0 Å². The summed E-state index contributed by atoms with van der Waals surface area (Å²) >= 11 is 1.61. The minimum absolute atomic E-state index is 0.0287. The average molecular weight is 494 g/mol. The Kier molecular flexibility index (Phi) is 6.91. The fraction of sp³-hybridized carbons (Fsp3) is 0.391. The lowest BCUT2D eigenvalue weighted by atomic mass is 10.1. The lowest BCUT2D eigenvalue weighted by molar-refractivity contribution is -0.118. The molecule has 0 atom stereocenters. The van der Waals surface area contributed by atoms with E-state index in [-0.39, 0.29) is 11.9 Å². The summed E-state index contributed by atoms with van der Waals surface area (Å²) in [5.74, 6) is 2.50. The summed E-state index contributed by atoms with van der Waals surface area (Å²) in [5, 5.41) is 3.71. The molecular formula is C23H27N9O2S. The van der Waals surface area contributed by atoms with Crippen LogP contribution in [0.3, 0.4) is 0 Å². The van der Waals surface area contributed by atoms with Crippen molar-refractivity contribution in [3.63, 3.8) is 0 Å². The maximum atomic E-state index is 11.1. The Balaban J connectivity index is 1.48. The Labute approximate surface area is 207 Å². The molecule has 2 aliphatic heterocycles. The van der Waals surface area contributed by atoms with Crippen molar-refractivity contribution >= 4 is 41.1 Å². The highest BCUT2D eigenvalue weighted by Gasteiger charge is 2.29. The summed E-state index contributed by atoms with van der Waals surface area (Å²) in [5.41, 5.74) is 9.45. The SMILES string of the molecule is CC(=O)NCCSc1cc(N2CCc3c(-c4cnc(N)nc4)nc(N4CCOCC4)nc32)ccn1. The van der Waals surface area contributed by atoms with E-state index in [0.717, 1.165) is 65.2 Å². The molecular weight excluding hydrogens is 466 g/mol. The number of thioether (sulfide) groups is 1. The van der Waals surface area contributed by atoms with Crippen LogP contribution in [0.15, 0.2) is 35.7 Å². The monoisotopic (exact) mass is 493 g/mol. The zero-order valence-corrected chi connectivity index (χ0v) is 20.3. The highest BCUT2D eigenvalue weighted by Crippen LogP contribution is 2.39. The number of nitrogen functional groups attached to an aromatic ring is 1. The molecule has 0 aliphatic carbocycles. The van der Waals surface area contributed by atoms with E-state index < -0.39 is 0 Å². The predicted molar refractivity (Wildman–Crippen MR) is 135 cm³/mol. The number of hydrogen-bond acceptors (Lipinski definition) is 11. The number of morpholine rings is 1. The van der Waals surface area contributed by atoms with E-state index in [1.165, 1.54) is 6.92 Å². The molecule has 0 radical (unpaired) electrons. The average Bonchev–Trinajstić information content (AvgIpc) is 3.31. The topological polar surface area (TPSA) is 135 Å². The third-order valence-corrected chi connectivity index (χ3v) is 6.74. The van der Waals surface area contributed by atoms with Crippen LogP contribution in [0.5, 0.6) is 0 Å². The van der Waals surface area contributed by atoms with Gasteiger partial charge in [-0.05, 0) is 18.6 Å². The number of nitrogens with two attached hydrogens (primary N) is 1. The number of pyridine rings is 1. The lowest BCUT2D eigenvalue weighted by Crippen LogP contribution is -2.37. The quantitative estimate of drug-likeness (QED) is 0.367. The van der Waals surface area contributed by atoms with Crippen molar-refractivity contribution in [2.75, 3.05) is 60.7 Å². The second kappa shape index (κ2) is 10.4. The third-order valence-electron chi connectivity index (χ3n) is 5.81. The molecule has 3 aromatic rings. The first kappa shape index (κ1) is 23.2. The summed E-state index contributed by atoms with van der Waals surface area (Å²) in [7, 11) is 0. The largest absolute Gasteiger partial charge is 0.378 e. The number of ether oxygens (including phenoxy) is 1. The van der Waals surface area contributed by atoms with Gasteiger partial charge in [0.2, 0.25) is 17.8 Å². The summed E-state index contributed by atoms with van der Waals surface area (Å²) in [6.45, 7) is 5.66. The van der Waals surface area contributed by atoms with E-state index in [0.29, 0.717) is 25.7 Å². The number of carbonyl (C=O) groups excluding carboxylic acids is 1. The highest BCUT2D eigenvalue weighted by atomic mass is 32.2. The van der Waals surface area contributed by atoms with E-state index in [2.05, 4.69) is 36.1 Å². The first-order valence-electron chi connectivity index (χ1n) is 11.5. The standard InChI is InChI=1S/C23H27N9O2S/c1-15(33)25-5-11-35-19-12-17(2-4-26-19)32-6-3-18-20(16-13-27-22(24)28-14-16)29-23(30-21(18)32)31-7-9-34-10-8-31/h2,4,12-14H,3,5-11H2,1H3,(H,25,33)(H2,24,27,28). The van der Waals surface area contributed by atoms with Crippen molar-refractivity contribution in [3.05, 3.63) is 36.3 Å². The molecule has 0 unspecified atom stereocenters. The second-order valence-corrected chi connectivity index (χ2v) is 9.30. The molecule has 182 valence electrons. The van der Waals surface area contributed by atoms with Crippen LogP contribution < -0.4 is 20.9 Å². The number of rotatable bonds is 7. The highest BCUT2D eigenvalue weighted by molar-refractivity contribution is 7.99. The Morgan fingerprint density at radius 2 is 1.97 bits per heavy atom. The van der Waals surface area contributed by atoms with Crippen molar-refractivity contribution in [1.82, 2.24) is 30.2 Å². The first-order valence-corrected chi connectivity index (χ1v) is 12.5. The second-order valence-electron chi connectivity index (χ2n) is 8.19. The molecule has 1 fully saturated rings. The zero-order chi connectivity index (χ0) is 24.2. The Hall–Kier alpha value is -3.51. The molecule has 35 heavy (non-hydrogen) atoms. The van der Waals surface area contributed by atoms with Gasteiger partial charge < -0.3 is 25.6 Å². The molecule has 12 heteroatoms. The van der Waals surface area contributed by atoms with Crippen molar-refractivity contribution in [3.8, 4) is 11.3 Å². The van der Waals surface area contributed by atoms with Crippen LogP contribution in [0.1, 0.15) is 12.5 Å². The van der Waals surface area contributed by atoms with Crippen molar-refractivity contribution < 1.29 is 9.53 Å². The van der Waals surface area contributed by atoms with E-state index in [1.54, 1.807) is 24.2 Å². The number of amides is 1. The normalized spacial score (nSPS) is 15.2. The van der Waals surface area contributed by atoms with Crippen LogP contribution in [0.4, 0.5) is 23.4 Å². The summed E-state index contributed by atoms with van der Waals surface area (Å²) in [4.78, 5) is 38.3. The molecule has 5 rings (SSSR count). The van der Waals surface area contributed by atoms with E-state index >= 15 is 0 Å². The number of fused-ring (bicyclic) bond motifs is 1. The Morgan fingerprint density at radius 1 is 1.17 bits per heavy atom. The van der Waals surface area contributed by atoms with E-state index in [4.69, 9.17) is 20.4 Å². The molecule has 0 aromatic carbocycles. The zero-order valence-electron chi connectivity index (χ0n) is 19.5. The molecule has 0 bridgehead atoms. The van der Waals surface area contributed by atoms with Gasteiger partial charge in [-0.25, -0.2) is 19.9 Å². The number of hydrogen-bond donors (Lipinski definition) is 2. The Morgan fingerprint density at radius 3 is 2.74 bits per heavy atom. The van der Waals surface area contributed by atoms with Crippen LogP contribution in [-0.2, 0) is 16.0 Å². The molecule has 0 spiro atoms. The fourth-order valence-corrected chi connectivity index (χ4v) is 4.88. The fourth-order valence-electron chi connectivity index (χ4n) is 4.13. The summed E-state index contributed by atoms with van der Waals surface area (Å²) in [6, 6.07) is 4.06. The number of anilines is 4. The maximum Gasteiger partial charge on any atom is 0.228 e. The van der Waals surface area contributed by atoms with Gasteiger partial charge in [0, 0.05) is 74.3 Å². The molecule has 11 nitrogen and oxygen atoms in total. The van der Waals surface area contributed by atoms with Gasteiger partial charge in [-0.15, -0.1) is 11.8 Å². The van der Waals surface area contributed by atoms with Gasteiger partial charge >= 0.3 is 0 Å². The van der Waals surface area contributed by atoms with Gasteiger partial charge in [-0.2, -0.15) is 4.98 Å². The number of nitrogens with one attached hydrogen (secondary N) is 1. The molecule has 1 saturated heterocycles. The molecule has 3 N–H and O–H groups in total. The maximum absolute atomic E-state index is 11.1. The van der Waals surface area contributed by atoms with E-state index in [1.807, 2.05) is 12.3 Å². The number of aromatic nitrogens is 5. The van der Waals surface area contributed by atoms with E-state index in [9.17, 15) is 4.79 Å². The third kappa shape index (κ3) is 5.28. The van der Waals surface area contributed by atoms with Gasteiger partial charge in [0.15, 0.2) is 0 Å². The van der Waals surface area contributed by atoms with Crippen LogP contribution in [-0.4, -0.2) is 76.0 Å². The number of nitrogens with zero attached hydrogens (tertiary/aromatic N) is 7.